The van der Waals surface area contributed by atoms with Crippen molar-refractivity contribution in [3.05, 3.63) is 77.3 Å². The third-order valence-electron chi connectivity index (χ3n) is 4.05. The van der Waals surface area contributed by atoms with Crippen molar-refractivity contribution in [2.75, 3.05) is 0 Å². The summed E-state index contributed by atoms with van der Waals surface area (Å²) in [6, 6.07) is 20.7. The van der Waals surface area contributed by atoms with Crippen LogP contribution in [0.5, 0.6) is 17.2 Å². The van der Waals surface area contributed by atoms with Crippen LogP contribution < -0.4 is 15.7 Å². The normalized spacial score (nSPS) is 13.0. The highest BCUT2D eigenvalue weighted by molar-refractivity contribution is 6.81. The van der Waals surface area contributed by atoms with E-state index in [-0.39, 0.29) is 12.7 Å². The number of fused-ring (bicyclic) bond motifs is 1. The van der Waals surface area contributed by atoms with Crippen LogP contribution in [0.4, 0.5) is 0 Å². The van der Waals surface area contributed by atoms with Gasteiger partial charge in [0.2, 0.25) is 0 Å². The minimum Gasteiger partial charge on any atom is -0.504 e. The number of rotatable bonds is 3. The summed E-state index contributed by atoms with van der Waals surface area (Å²) in [4.78, 5) is 0. The summed E-state index contributed by atoms with van der Waals surface area (Å²) in [7, 11) is 0. The molecule has 0 spiro atoms. The molecular weight excluding hydrogens is 322 g/mol. The predicted octanol–water partition coefficient (Wildman–Crippen LogP) is 3.47. The van der Waals surface area contributed by atoms with Crippen LogP contribution >= 0.6 is 11.6 Å². The van der Waals surface area contributed by atoms with Gasteiger partial charge in [-0.3, -0.25) is 0 Å². The maximum Gasteiger partial charge on any atom is 0.362 e. The smallest absolute Gasteiger partial charge is 0.362 e. The molecule has 4 rings (SSSR count). The maximum atomic E-state index is 9.93. The van der Waals surface area contributed by atoms with Crippen LogP contribution in [0.15, 0.2) is 66.7 Å². The largest absolute Gasteiger partial charge is 0.504 e. The lowest BCUT2D eigenvalue weighted by molar-refractivity contribution is 0.337. The number of hydrogen-bond donors (Lipinski definition) is 1. The van der Waals surface area contributed by atoms with Gasteiger partial charge in [0.25, 0.3) is 0 Å². The highest BCUT2D eigenvalue weighted by Crippen LogP contribution is 2.32. The van der Waals surface area contributed by atoms with E-state index in [1.54, 1.807) is 12.1 Å². The van der Waals surface area contributed by atoms with Gasteiger partial charge in [-0.1, -0.05) is 48.0 Å². The molecule has 0 atom stereocenters. The van der Waals surface area contributed by atoms with Crippen molar-refractivity contribution < 1.29 is 14.5 Å². The van der Waals surface area contributed by atoms with Crippen molar-refractivity contribution in [3.63, 3.8) is 0 Å². The van der Waals surface area contributed by atoms with E-state index in [0.29, 0.717) is 23.1 Å². The number of aromatic hydroxyl groups is 1. The van der Waals surface area contributed by atoms with Gasteiger partial charge >= 0.3 is 6.92 Å². The first kappa shape index (κ1) is 15.1. The third-order valence-corrected chi connectivity index (χ3v) is 4.29. The van der Waals surface area contributed by atoms with Gasteiger partial charge in [0.05, 0.1) is 6.61 Å². The number of halogens is 1. The zero-order valence-electron chi connectivity index (χ0n) is 12.8. The van der Waals surface area contributed by atoms with Gasteiger partial charge in [-0.25, -0.2) is 0 Å². The van der Waals surface area contributed by atoms with Crippen LogP contribution in [-0.4, -0.2) is 12.0 Å². The van der Waals surface area contributed by atoms with Gasteiger partial charge in [0, 0.05) is 11.1 Å². The van der Waals surface area contributed by atoms with E-state index in [9.17, 15) is 5.11 Å². The van der Waals surface area contributed by atoms with Crippen LogP contribution in [-0.2, 0) is 11.3 Å². The first-order chi connectivity index (χ1) is 11.7. The van der Waals surface area contributed by atoms with E-state index in [4.69, 9.17) is 21.0 Å². The van der Waals surface area contributed by atoms with Gasteiger partial charge in [-0.05, 0) is 40.8 Å². The van der Waals surface area contributed by atoms with E-state index in [1.807, 2.05) is 36.4 Å². The summed E-state index contributed by atoms with van der Waals surface area (Å²) in [6.07, 6.45) is 0. The van der Waals surface area contributed by atoms with Gasteiger partial charge in [0.1, 0.15) is 5.75 Å². The van der Waals surface area contributed by atoms with Gasteiger partial charge in [-0.15, -0.1) is 0 Å². The molecule has 0 saturated carbocycles. The number of ether oxygens (including phenoxy) is 1. The van der Waals surface area contributed by atoms with Crippen molar-refractivity contribution >= 4 is 29.4 Å². The molecule has 0 fully saturated rings. The Balaban J connectivity index is 1.63. The van der Waals surface area contributed by atoms with Gasteiger partial charge in [-0.2, -0.15) is 0 Å². The molecular formula is C19H14BClO3. The standard InChI is InChI=1S/C19H14BClO3/c21-15-8-9-19(18(22)11-15)24-16-6-3-5-14(10-16)20-17-7-2-1-4-13(17)12-23-20/h1-11,22H,12H2. The molecule has 5 heteroatoms. The molecule has 118 valence electrons. The Morgan fingerprint density at radius 3 is 2.75 bits per heavy atom. The third kappa shape index (κ3) is 2.86. The average molecular weight is 337 g/mol. The highest BCUT2D eigenvalue weighted by Gasteiger charge is 2.29. The zero-order valence-corrected chi connectivity index (χ0v) is 13.5. The lowest BCUT2D eigenvalue weighted by Gasteiger charge is -2.11. The monoisotopic (exact) mass is 336 g/mol. The Labute approximate surface area is 145 Å². The summed E-state index contributed by atoms with van der Waals surface area (Å²) in [5.74, 6) is 1.01. The maximum absolute atomic E-state index is 9.93. The second kappa shape index (κ2) is 6.23. The molecule has 1 N–H and O–H groups in total. The lowest BCUT2D eigenvalue weighted by atomic mass is 9.56. The van der Waals surface area contributed by atoms with Crippen molar-refractivity contribution in [2.45, 2.75) is 6.61 Å². The highest BCUT2D eigenvalue weighted by atomic mass is 35.5. The van der Waals surface area contributed by atoms with E-state index in [0.717, 1.165) is 5.46 Å². The second-order valence-electron chi connectivity index (χ2n) is 5.68. The van der Waals surface area contributed by atoms with Crippen LogP contribution in [0.1, 0.15) is 5.56 Å². The Hall–Kier alpha value is -2.43. The van der Waals surface area contributed by atoms with Crippen LogP contribution in [0.25, 0.3) is 0 Å². The van der Waals surface area contributed by atoms with Crippen molar-refractivity contribution in [3.8, 4) is 17.2 Å². The van der Waals surface area contributed by atoms with Gasteiger partial charge in [0.15, 0.2) is 11.5 Å². The zero-order chi connectivity index (χ0) is 16.5. The molecule has 1 aliphatic rings. The molecule has 0 bridgehead atoms. The molecule has 3 aromatic carbocycles. The van der Waals surface area contributed by atoms with Crippen LogP contribution in [0.3, 0.4) is 0 Å². The molecule has 0 aliphatic carbocycles. The minimum atomic E-state index is -0.0939. The Morgan fingerprint density at radius 2 is 1.88 bits per heavy atom. The van der Waals surface area contributed by atoms with Crippen LogP contribution in [0, 0.1) is 0 Å². The molecule has 0 amide bonds. The molecule has 1 aliphatic heterocycles. The van der Waals surface area contributed by atoms with Crippen LogP contribution in [0.2, 0.25) is 5.02 Å². The summed E-state index contributed by atoms with van der Waals surface area (Å²) in [6.45, 7) is 0.521. The topological polar surface area (TPSA) is 38.7 Å². The Kier molecular flexibility index (Phi) is 3.93. The summed E-state index contributed by atoms with van der Waals surface area (Å²) >= 11 is 5.85. The van der Waals surface area contributed by atoms with Gasteiger partial charge < -0.3 is 14.5 Å². The van der Waals surface area contributed by atoms with Crippen molar-refractivity contribution in [2.24, 2.45) is 0 Å². The lowest BCUT2D eigenvalue weighted by Crippen LogP contribution is -2.41. The number of benzene rings is 3. The SMILES string of the molecule is Oc1cc(Cl)ccc1Oc1cccc(B2OCc3ccccc32)c1. The molecule has 1 heterocycles. The Bertz CT molecular complexity index is 897. The fourth-order valence-electron chi connectivity index (χ4n) is 2.91. The number of phenolic OH excluding ortho intramolecular Hbond substituents is 1. The number of hydrogen-bond acceptors (Lipinski definition) is 3. The molecule has 0 unspecified atom stereocenters. The molecule has 0 radical (unpaired) electrons. The quantitative estimate of drug-likeness (QED) is 0.744. The first-order valence-electron chi connectivity index (χ1n) is 7.66. The van der Waals surface area contributed by atoms with E-state index < -0.39 is 0 Å². The summed E-state index contributed by atoms with van der Waals surface area (Å²) in [5.41, 5.74) is 3.42. The molecule has 3 nitrogen and oxygen atoms in total. The second-order valence-corrected chi connectivity index (χ2v) is 6.11. The Morgan fingerprint density at radius 1 is 1.00 bits per heavy atom. The molecule has 24 heavy (non-hydrogen) atoms. The van der Waals surface area contributed by atoms with E-state index in [2.05, 4.69) is 12.1 Å². The number of phenols is 1. The summed E-state index contributed by atoms with van der Waals surface area (Å²) in [5, 5.41) is 10.4. The summed E-state index contributed by atoms with van der Waals surface area (Å²) < 4.78 is 11.7. The molecule has 0 aromatic heterocycles. The van der Waals surface area contributed by atoms with E-state index in [1.165, 1.54) is 17.1 Å². The fourth-order valence-corrected chi connectivity index (χ4v) is 3.07. The molecule has 0 saturated heterocycles. The predicted molar refractivity (Wildman–Crippen MR) is 95.9 cm³/mol. The average Bonchev–Trinajstić information content (AvgIpc) is 3.02. The van der Waals surface area contributed by atoms with Crippen molar-refractivity contribution in [1.82, 2.24) is 0 Å². The van der Waals surface area contributed by atoms with E-state index >= 15 is 0 Å². The molecule has 3 aromatic rings. The fraction of sp³-hybridized carbons (Fsp3) is 0.0526. The van der Waals surface area contributed by atoms with Crippen molar-refractivity contribution in [1.29, 1.82) is 0 Å². The first-order valence-corrected chi connectivity index (χ1v) is 8.04. The minimum absolute atomic E-state index is 0.00960.